The van der Waals surface area contributed by atoms with Crippen LogP contribution in [-0.2, 0) is 6.42 Å². The van der Waals surface area contributed by atoms with E-state index in [0.717, 1.165) is 50.9 Å². The second kappa shape index (κ2) is 7.44. The Hall–Kier alpha value is -1.35. The summed E-state index contributed by atoms with van der Waals surface area (Å²) in [5.41, 5.74) is 2.10. The molecule has 1 amide bonds. The van der Waals surface area contributed by atoms with Crippen LogP contribution < -0.4 is 5.32 Å². The van der Waals surface area contributed by atoms with E-state index in [1.807, 2.05) is 23.1 Å². The van der Waals surface area contributed by atoms with Gasteiger partial charge in [-0.3, -0.25) is 4.79 Å². The van der Waals surface area contributed by atoms with E-state index in [1.165, 1.54) is 5.56 Å². The van der Waals surface area contributed by atoms with Crippen LogP contribution in [0.2, 0.25) is 0 Å². The molecular formula is C17H26N2O. The molecule has 20 heavy (non-hydrogen) atoms. The summed E-state index contributed by atoms with van der Waals surface area (Å²) in [5, 5.41) is 3.50. The molecule has 1 aliphatic heterocycles. The molecule has 1 unspecified atom stereocenters. The highest BCUT2D eigenvalue weighted by molar-refractivity contribution is 5.96. The molecule has 2 rings (SSSR count). The maximum atomic E-state index is 12.7. The van der Waals surface area contributed by atoms with Gasteiger partial charge in [-0.15, -0.1) is 0 Å². The number of nitrogens with zero attached hydrogens (tertiary/aromatic N) is 1. The molecule has 0 bridgehead atoms. The van der Waals surface area contributed by atoms with Gasteiger partial charge in [0, 0.05) is 24.7 Å². The third kappa shape index (κ3) is 3.60. The molecule has 1 atom stereocenters. The Balaban J connectivity index is 2.10. The van der Waals surface area contributed by atoms with E-state index < -0.39 is 0 Å². The number of carbonyl (C=O) groups excluding carboxylic acids is 1. The standard InChI is InChI=1S/C17H26N2O/c1-3-8-15(18-4-2)13-19-12-7-10-14-9-5-6-11-16(14)17(19)20/h5-6,9,11,15,18H,3-4,7-8,10,12-13H2,1-2H3. The molecule has 1 heterocycles. The molecule has 110 valence electrons. The van der Waals surface area contributed by atoms with Crippen molar-refractivity contribution in [3.8, 4) is 0 Å². The molecule has 3 nitrogen and oxygen atoms in total. The SMILES string of the molecule is CCCC(CN1CCCc2ccccc2C1=O)NCC. The van der Waals surface area contributed by atoms with E-state index in [9.17, 15) is 4.79 Å². The van der Waals surface area contributed by atoms with E-state index in [2.05, 4.69) is 25.2 Å². The Morgan fingerprint density at radius 1 is 1.30 bits per heavy atom. The van der Waals surface area contributed by atoms with E-state index >= 15 is 0 Å². The van der Waals surface area contributed by atoms with Crippen LogP contribution in [0, 0.1) is 0 Å². The van der Waals surface area contributed by atoms with E-state index in [1.54, 1.807) is 0 Å². The molecule has 0 aromatic heterocycles. The van der Waals surface area contributed by atoms with Crippen LogP contribution in [0.3, 0.4) is 0 Å². The summed E-state index contributed by atoms with van der Waals surface area (Å²) in [6, 6.07) is 8.47. The van der Waals surface area contributed by atoms with Crippen molar-refractivity contribution in [2.24, 2.45) is 0 Å². The van der Waals surface area contributed by atoms with Gasteiger partial charge in [0.25, 0.3) is 5.91 Å². The molecule has 0 aliphatic carbocycles. The molecule has 0 fully saturated rings. The van der Waals surface area contributed by atoms with Crippen molar-refractivity contribution in [1.29, 1.82) is 0 Å². The van der Waals surface area contributed by atoms with Crippen molar-refractivity contribution in [2.45, 2.75) is 45.6 Å². The van der Waals surface area contributed by atoms with Crippen LogP contribution in [0.15, 0.2) is 24.3 Å². The van der Waals surface area contributed by atoms with Crippen LogP contribution in [0.1, 0.15) is 49.0 Å². The van der Waals surface area contributed by atoms with Crippen molar-refractivity contribution in [3.05, 3.63) is 35.4 Å². The number of benzene rings is 1. The van der Waals surface area contributed by atoms with Crippen LogP contribution >= 0.6 is 0 Å². The minimum Gasteiger partial charge on any atom is -0.337 e. The highest BCUT2D eigenvalue weighted by atomic mass is 16.2. The van der Waals surface area contributed by atoms with Crippen LogP contribution in [-0.4, -0.2) is 36.5 Å². The Bertz CT molecular complexity index is 438. The van der Waals surface area contributed by atoms with Gasteiger partial charge >= 0.3 is 0 Å². The minimum atomic E-state index is 0.206. The van der Waals surface area contributed by atoms with Crippen LogP contribution in [0.4, 0.5) is 0 Å². The number of nitrogens with one attached hydrogen (secondary N) is 1. The normalized spacial score (nSPS) is 16.7. The molecular weight excluding hydrogens is 248 g/mol. The summed E-state index contributed by atoms with van der Waals surface area (Å²) >= 11 is 0. The minimum absolute atomic E-state index is 0.206. The molecule has 1 aliphatic rings. The molecule has 0 saturated carbocycles. The first-order valence-corrected chi connectivity index (χ1v) is 7.86. The summed E-state index contributed by atoms with van der Waals surface area (Å²) < 4.78 is 0. The summed E-state index contributed by atoms with van der Waals surface area (Å²) in [4.78, 5) is 14.7. The zero-order chi connectivity index (χ0) is 14.4. The zero-order valence-corrected chi connectivity index (χ0v) is 12.7. The topological polar surface area (TPSA) is 32.3 Å². The van der Waals surface area contributed by atoms with Crippen LogP contribution in [0.5, 0.6) is 0 Å². The molecule has 1 N–H and O–H groups in total. The van der Waals surface area contributed by atoms with Gasteiger partial charge in [-0.25, -0.2) is 0 Å². The van der Waals surface area contributed by atoms with Gasteiger partial charge < -0.3 is 10.2 Å². The fourth-order valence-corrected chi connectivity index (χ4v) is 3.01. The number of hydrogen-bond donors (Lipinski definition) is 1. The van der Waals surface area contributed by atoms with E-state index in [0.29, 0.717) is 6.04 Å². The quantitative estimate of drug-likeness (QED) is 0.865. The summed E-state index contributed by atoms with van der Waals surface area (Å²) in [5.74, 6) is 0.206. The number of fused-ring (bicyclic) bond motifs is 1. The molecule has 0 spiro atoms. The lowest BCUT2D eigenvalue weighted by Crippen LogP contribution is -2.43. The molecule has 1 aromatic carbocycles. The van der Waals surface area contributed by atoms with Crippen molar-refractivity contribution in [2.75, 3.05) is 19.6 Å². The number of hydrogen-bond acceptors (Lipinski definition) is 2. The Morgan fingerprint density at radius 3 is 2.85 bits per heavy atom. The summed E-state index contributed by atoms with van der Waals surface area (Å²) in [6.45, 7) is 6.99. The number of carbonyl (C=O) groups is 1. The lowest BCUT2D eigenvalue weighted by Gasteiger charge is -2.27. The second-order valence-corrected chi connectivity index (χ2v) is 5.56. The average molecular weight is 274 g/mol. The smallest absolute Gasteiger partial charge is 0.254 e. The predicted molar refractivity (Wildman–Crippen MR) is 83.0 cm³/mol. The van der Waals surface area contributed by atoms with E-state index in [-0.39, 0.29) is 5.91 Å². The predicted octanol–water partition coefficient (Wildman–Crippen LogP) is 2.85. The summed E-state index contributed by atoms with van der Waals surface area (Å²) in [7, 11) is 0. The van der Waals surface area contributed by atoms with Gasteiger partial charge in [0.05, 0.1) is 0 Å². The van der Waals surface area contributed by atoms with Gasteiger partial charge in [0.2, 0.25) is 0 Å². The fraction of sp³-hybridized carbons (Fsp3) is 0.588. The number of amides is 1. The van der Waals surface area contributed by atoms with Gasteiger partial charge in [-0.05, 0) is 37.4 Å². The van der Waals surface area contributed by atoms with Gasteiger partial charge in [-0.1, -0.05) is 38.5 Å². The van der Waals surface area contributed by atoms with E-state index in [4.69, 9.17) is 0 Å². The third-order valence-corrected chi connectivity index (χ3v) is 3.98. The van der Waals surface area contributed by atoms with Crippen molar-refractivity contribution in [1.82, 2.24) is 10.2 Å². The first-order valence-electron chi connectivity index (χ1n) is 7.86. The molecule has 0 saturated heterocycles. The number of aryl methyl sites for hydroxylation is 1. The number of rotatable bonds is 6. The summed E-state index contributed by atoms with van der Waals surface area (Å²) in [6.07, 6.45) is 4.35. The molecule has 0 radical (unpaired) electrons. The third-order valence-electron chi connectivity index (χ3n) is 3.98. The zero-order valence-electron chi connectivity index (χ0n) is 12.7. The maximum Gasteiger partial charge on any atom is 0.254 e. The van der Waals surface area contributed by atoms with Gasteiger partial charge in [0.1, 0.15) is 0 Å². The lowest BCUT2D eigenvalue weighted by molar-refractivity contribution is 0.0742. The maximum absolute atomic E-state index is 12.7. The lowest BCUT2D eigenvalue weighted by atomic mass is 10.0. The first-order chi connectivity index (χ1) is 9.76. The highest BCUT2D eigenvalue weighted by Crippen LogP contribution is 2.19. The monoisotopic (exact) mass is 274 g/mol. The second-order valence-electron chi connectivity index (χ2n) is 5.56. The van der Waals surface area contributed by atoms with Crippen LogP contribution in [0.25, 0.3) is 0 Å². The fourth-order valence-electron chi connectivity index (χ4n) is 3.01. The Morgan fingerprint density at radius 2 is 2.10 bits per heavy atom. The molecule has 3 heteroatoms. The average Bonchev–Trinajstić information content (AvgIpc) is 2.60. The first kappa shape index (κ1) is 15.0. The number of likely N-dealkylation sites (N-methyl/N-ethyl adjacent to an activating group) is 1. The van der Waals surface area contributed by atoms with Crippen molar-refractivity contribution < 1.29 is 4.79 Å². The van der Waals surface area contributed by atoms with Gasteiger partial charge in [0.15, 0.2) is 0 Å². The highest BCUT2D eigenvalue weighted by Gasteiger charge is 2.23. The molecule has 1 aromatic rings. The Kier molecular flexibility index (Phi) is 5.60. The van der Waals surface area contributed by atoms with Gasteiger partial charge in [-0.2, -0.15) is 0 Å². The van der Waals surface area contributed by atoms with Crippen molar-refractivity contribution in [3.63, 3.8) is 0 Å². The largest absolute Gasteiger partial charge is 0.337 e. The van der Waals surface area contributed by atoms with Crippen molar-refractivity contribution >= 4 is 5.91 Å². The Labute approximate surface area is 122 Å².